The molecule has 2 aromatic rings. The molecule has 0 saturated heterocycles. The van der Waals surface area contributed by atoms with Crippen LogP contribution in [-0.2, 0) is 4.74 Å². The van der Waals surface area contributed by atoms with Crippen LogP contribution in [0.3, 0.4) is 0 Å². The number of benzene rings is 1. The van der Waals surface area contributed by atoms with Gasteiger partial charge in [0.2, 0.25) is 5.82 Å². The zero-order valence-electron chi connectivity index (χ0n) is 11.0. The average molecular weight is 278 g/mol. The fourth-order valence-corrected chi connectivity index (χ4v) is 2.15. The molecule has 20 heavy (non-hydrogen) atoms. The second-order valence-electron chi connectivity index (χ2n) is 4.83. The minimum absolute atomic E-state index is 0.167. The van der Waals surface area contributed by atoms with E-state index in [0.29, 0.717) is 23.9 Å². The van der Waals surface area contributed by atoms with E-state index in [1.54, 1.807) is 0 Å². The topological polar surface area (TPSA) is 68.4 Å². The molecule has 0 radical (unpaired) electrons. The number of phenolic OH excluding ortho intramolecular Hbond substituents is 1. The zero-order valence-corrected chi connectivity index (χ0v) is 11.0. The molecule has 1 saturated carbocycles. The highest BCUT2D eigenvalue weighted by atomic mass is 19.1. The summed E-state index contributed by atoms with van der Waals surface area (Å²) in [6, 6.07) is 3.66. The maximum atomic E-state index is 13.0. The molecule has 1 aromatic heterocycles. The van der Waals surface area contributed by atoms with Crippen molar-refractivity contribution in [1.29, 1.82) is 0 Å². The van der Waals surface area contributed by atoms with Crippen LogP contribution < -0.4 is 0 Å². The number of nitrogens with zero attached hydrogens (tertiary/aromatic N) is 2. The molecule has 0 spiro atoms. The molecule has 1 atom stereocenters. The van der Waals surface area contributed by atoms with Gasteiger partial charge in [-0.05, 0) is 37.8 Å². The molecule has 6 heteroatoms. The van der Waals surface area contributed by atoms with Crippen molar-refractivity contribution < 1.29 is 18.8 Å². The van der Waals surface area contributed by atoms with E-state index in [-0.39, 0.29) is 17.7 Å². The van der Waals surface area contributed by atoms with Crippen molar-refractivity contribution in [2.24, 2.45) is 5.92 Å². The highest BCUT2D eigenvalue weighted by Crippen LogP contribution is 2.42. The van der Waals surface area contributed by atoms with E-state index in [4.69, 9.17) is 9.26 Å². The van der Waals surface area contributed by atoms with E-state index in [9.17, 15) is 9.50 Å². The smallest absolute Gasteiger partial charge is 0.261 e. The van der Waals surface area contributed by atoms with Crippen LogP contribution in [-0.4, -0.2) is 21.9 Å². The summed E-state index contributed by atoms with van der Waals surface area (Å²) in [6.45, 7) is 2.50. The summed E-state index contributed by atoms with van der Waals surface area (Å²) in [5.41, 5.74) is 0.316. The van der Waals surface area contributed by atoms with Gasteiger partial charge in [0.25, 0.3) is 5.89 Å². The van der Waals surface area contributed by atoms with Crippen molar-refractivity contribution in [3.63, 3.8) is 0 Å². The van der Waals surface area contributed by atoms with Gasteiger partial charge >= 0.3 is 0 Å². The predicted molar refractivity (Wildman–Crippen MR) is 68.4 cm³/mol. The molecule has 0 bridgehead atoms. The first kappa shape index (κ1) is 13.1. The summed E-state index contributed by atoms with van der Waals surface area (Å²) in [7, 11) is 0. The summed E-state index contributed by atoms with van der Waals surface area (Å²) in [5.74, 6) is 0.342. The first-order valence-corrected chi connectivity index (χ1v) is 6.63. The number of hydrogen-bond donors (Lipinski definition) is 1. The molecular formula is C14H15FN2O3. The maximum Gasteiger partial charge on any atom is 0.261 e. The normalized spacial score (nSPS) is 16.3. The minimum Gasteiger partial charge on any atom is -0.507 e. The highest BCUT2D eigenvalue weighted by Gasteiger charge is 2.36. The molecule has 1 unspecified atom stereocenters. The SMILES string of the molecule is CCOC(c1noc(-c2ccc(F)cc2O)n1)C1CC1. The maximum absolute atomic E-state index is 13.0. The number of aromatic nitrogens is 2. The first-order valence-electron chi connectivity index (χ1n) is 6.63. The van der Waals surface area contributed by atoms with E-state index in [0.717, 1.165) is 18.9 Å². The molecule has 1 fully saturated rings. The third kappa shape index (κ3) is 2.51. The Balaban J connectivity index is 1.89. The van der Waals surface area contributed by atoms with Crippen molar-refractivity contribution in [3.8, 4) is 17.2 Å². The Morgan fingerprint density at radius 2 is 2.30 bits per heavy atom. The summed E-state index contributed by atoms with van der Waals surface area (Å²) >= 11 is 0. The van der Waals surface area contributed by atoms with Crippen LogP contribution >= 0.6 is 0 Å². The van der Waals surface area contributed by atoms with E-state index < -0.39 is 5.82 Å². The van der Waals surface area contributed by atoms with Gasteiger partial charge < -0.3 is 14.4 Å². The van der Waals surface area contributed by atoms with Crippen molar-refractivity contribution >= 4 is 0 Å². The molecule has 1 aliphatic carbocycles. The summed E-state index contributed by atoms with van der Waals surface area (Å²) in [4.78, 5) is 4.27. The van der Waals surface area contributed by atoms with Gasteiger partial charge in [-0.3, -0.25) is 0 Å². The van der Waals surface area contributed by atoms with Crippen molar-refractivity contribution in [3.05, 3.63) is 29.8 Å². The van der Waals surface area contributed by atoms with Crippen LogP contribution in [0.15, 0.2) is 22.7 Å². The first-order chi connectivity index (χ1) is 9.69. The van der Waals surface area contributed by atoms with Crippen molar-refractivity contribution in [1.82, 2.24) is 10.1 Å². The van der Waals surface area contributed by atoms with Gasteiger partial charge in [0.05, 0.1) is 5.56 Å². The Bertz CT molecular complexity index is 610. The number of ether oxygens (including phenoxy) is 1. The van der Waals surface area contributed by atoms with Crippen LogP contribution in [0.4, 0.5) is 4.39 Å². The molecule has 106 valence electrons. The summed E-state index contributed by atoms with van der Waals surface area (Å²) < 4.78 is 23.8. The molecule has 3 rings (SSSR count). The van der Waals surface area contributed by atoms with Crippen molar-refractivity contribution in [2.75, 3.05) is 6.61 Å². The van der Waals surface area contributed by atoms with Gasteiger partial charge in [-0.1, -0.05) is 5.16 Å². The summed E-state index contributed by atoms with van der Waals surface area (Å²) in [6.07, 6.45) is 2.02. The number of hydrogen-bond acceptors (Lipinski definition) is 5. The number of aromatic hydroxyl groups is 1. The molecule has 1 N–H and O–H groups in total. The molecule has 1 heterocycles. The Labute approximate surface area is 115 Å². The Hall–Kier alpha value is -1.95. The molecule has 1 aromatic carbocycles. The zero-order chi connectivity index (χ0) is 14.1. The van der Waals surface area contributed by atoms with E-state index in [1.807, 2.05) is 6.92 Å². The Kier molecular flexibility index (Phi) is 3.40. The molecule has 5 nitrogen and oxygen atoms in total. The van der Waals surface area contributed by atoms with Crippen LogP contribution in [0.25, 0.3) is 11.5 Å². The Morgan fingerprint density at radius 1 is 1.50 bits per heavy atom. The number of rotatable bonds is 5. The molecular weight excluding hydrogens is 263 g/mol. The molecule has 0 aliphatic heterocycles. The van der Waals surface area contributed by atoms with Crippen LogP contribution in [0.1, 0.15) is 31.7 Å². The third-order valence-electron chi connectivity index (χ3n) is 3.28. The van der Waals surface area contributed by atoms with Gasteiger partial charge in [-0.2, -0.15) is 4.98 Å². The minimum atomic E-state index is -0.517. The van der Waals surface area contributed by atoms with Crippen LogP contribution in [0.2, 0.25) is 0 Å². The predicted octanol–water partition coefficient (Wildman–Crippen LogP) is 3.07. The van der Waals surface area contributed by atoms with E-state index in [2.05, 4.69) is 10.1 Å². The highest BCUT2D eigenvalue weighted by molar-refractivity contribution is 5.61. The quantitative estimate of drug-likeness (QED) is 0.910. The third-order valence-corrected chi connectivity index (χ3v) is 3.28. The standard InChI is InChI=1S/C14H15FN2O3/c1-2-19-12(8-3-4-8)13-16-14(20-17-13)10-6-5-9(15)7-11(10)18/h5-8,12,18H,2-4H2,1H3. The largest absolute Gasteiger partial charge is 0.507 e. The van der Waals surface area contributed by atoms with Gasteiger partial charge in [-0.25, -0.2) is 4.39 Å². The van der Waals surface area contributed by atoms with Crippen LogP contribution in [0.5, 0.6) is 5.75 Å². The molecule has 1 aliphatic rings. The molecule has 0 amide bonds. The number of phenols is 1. The summed E-state index contributed by atoms with van der Waals surface area (Å²) in [5, 5.41) is 13.6. The second kappa shape index (κ2) is 5.20. The lowest BCUT2D eigenvalue weighted by atomic mass is 10.2. The lowest BCUT2D eigenvalue weighted by Crippen LogP contribution is -2.08. The monoisotopic (exact) mass is 278 g/mol. The second-order valence-corrected chi connectivity index (χ2v) is 4.83. The van der Waals surface area contributed by atoms with E-state index >= 15 is 0 Å². The fraction of sp³-hybridized carbons (Fsp3) is 0.429. The fourth-order valence-electron chi connectivity index (χ4n) is 2.15. The van der Waals surface area contributed by atoms with Gasteiger partial charge in [0.15, 0.2) is 0 Å². The Morgan fingerprint density at radius 3 is 2.95 bits per heavy atom. The number of halogens is 1. The lowest BCUT2D eigenvalue weighted by Gasteiger charge is -2.10. The lowest BCUT2D eigenvalue weighted by molar-refractivity contribution is 0.0385. The average Bonchev–Trinajstić information content (AvgIpc) is 3.14. The van der Waals surface area contributed by atoms with Gasteiger partial charge in [0, 0.05) is 12.7 Å². The van der Waals surface area contributed by atoms with Gasteiger partial charge in [0.1, 0.15) is 17.7 Å². The van der Waals surface area contributed by atoms with E-state index in [1.165, 1.54) is 12.1 Å². The van der Waals surface area contributed by atoms with Crippen molar-refractivity contribution in [2.45, 2.75) is 25.9 Å². The van der Waals surface area contributed by atoms with Crippen LogP contribution in [0, 0.1) is 11.7 Å². The van der Waals surface area contributed by atoms with Gasteiger partial charge in [-0.15, -0.1) is 0 Å².